The molecule has 5 heteroatoms. The molecule has 3 atom stereocenters. The molecule has 0 saturated carbocycles. The number of aliphatic hydroxyl groups excluding tert-OH is 1. The molecule has 0 aromatic heterocycles. The van der Waals surface area contributed by atoms with Crippen molar-refractivity contribution >= 4 is 9.84 Å². The Morgan fingerprint density at radius 3 is 2.57 bits per heavy atom. The van der Waals surface area contributed by atoms with Gasteiger partial charge in [-0.3, -0.25) is 0 Å². The second-order valence-corrected chi connectivity index (χ2v) is 6.44. The van der Waals surface area contributed by atoms with Crippen molar-refractivity contribution in [1.29, 1.82) is 0 Å². The molecule has 1 heterocycles. The van der Waals surface area contributed by atoms with Crippen molar-refractivity contribution in [2.75, 3.05) is 18.1 Å². The molecule has 84 valence electrons. The Kier molecular flexibility index (Phi) is 3.92. The molecule has 3 unspecified atom stereocenters. The number of hydrogen-bond donors (Lipinski definition) is 2. The Morgan fingerprint density at radius 2 is 2.14 bits per heavy atom. The molecule has 0 spiro atoms. The van der Waals surface area contributed by atoms with Crippen LogP contribution in [0.4, 0.5) is 0 Å². The lowest BCUT2D eigenvalue weighted by molar-refractivity contribution is 0.202. The largest absolute Gasteiger partial charge is 0.396 e. The summed E-state index contributed by atoms with van der Waals surface area (Å²) in [6, 6.07) is 0.238. The maximum Gasteiger partial charge on any atom is 0.151 e. The van der Waals surface area contributed by atoms with Crippen molar-refractivity contribution in [3.8, 4) is 0 Å². The summed E-state index contributed by atoms with van der Waals surface area (Å²) in [7, 11) is -2.80. The van der Waals surface area contributed by atoms with Crippen molar-refractivity contribution in [2.24, 2.45) is 5.92 Å². The van der Waals surface area contributed by atoms with Gasteiger partial charge < -0.3 is 10.4 Å². The van der Waals surface area contributed by atoms with Gasteiger partial charge in [-0.2, -0.15) is 0 Å². The van der Waals surface area contributed by atoms with Crippen LogP contribution in [0.25, 0.3) is 0 Å². The number of aliphatic hydroxyl groups is 1. The van der Waals surface area contributed by atoms with Gasteiger partial charge in [0.05, 0.1) is 11.5 Å². The minimum Gasteiger partial charge on any atom is -0.396 e. The van der Waals surface area contributed by atoms with E-state index >= 15 is 0 Å². The molecule has 1 aliphatic heterocycles. The zero-order valence-electron chi connectivity index (χ0n) is 8.73. The summed E-state index contributed by atoms with van der Waals surface area (Å²) in [6.45, 7) is 4.06. The summed E-state index contributed by atoms with van der Waals surface area (Å²) >= 11 is 0. The zero-order chi connectivity index (χ0) is 10.8. The molecule has 1 fully saturated rings. The first-order valence-corrected chi connectivity index (χ1v) is 6.84. The van der Waals surface area contributed by atoms with Gasteiger partial charge in [-0.15, -0.1) is 0 Å². The van der Waals surface area contributed by atoms with E-state index in [0.717, 1.165) is 0 Å². The molecule has 4 nitrogen and oxygen atoms in total. The van der Waals surface area contributed by atoms with Crippen molar-refractivity contribution in [1.82, 2.24) is 5.32 Å². The first-order chi connectivity index (χ1) is 6.44. The monoisotopic (exact) mass is 221 g/mol. The molecule has 0 bridgehead atoms. The van der Waals surface area contributed by atoms with E-state index in [2.05, 4.69) is 5.32 Å². The average Bonchev–Trinajstić information content (AvgIpc) is 2.44. The average molecular weight is 221 g/mol. The highest BCUT2D eigenvalue weighted by atomic mass is 32.2. The zero-order valence-corrected chi connectivity index (χ0v) is 9.55. The molecule has 0 radical (unpaired) electrons. The van der Waals surface area contributed by atoms with E-state index < -0.39 is 9.84 Å². The summed E-state index contributed by atoms with van der Waals surface area (Å²) < 4.78 is 22.3. The van der Waals surface area contributed by atoms with E-state index in [1.807, 2.05) is 13.8 Å². The van der Waals surface area contributed by atoms with Gasteiger partial charge in [0.15, 0.2) is 9.84 Å². The Morgan fingerprint density at radius 1 is 1.50 bits per heavy atom. The summed E-state index contributed by atoms with van der Waals surface area (Å²) in [6.07, 6.45) is 0.699. The van der Waals surface area contributed by atoms with Crippen LogP contribution in [0.1, 0.15) is 20.3 Å². The minimum absolute atomic E-state index is 0.0731. The third-order valence-corrected chi connectivity index (χ3v) is 4.64. The van der Waals surface area contributed by atoms with Crippen molar-refractivity contribution < 1.29 is 13.5 Å². The lowest BCUT2D eigenvalue weighted by atomic mass is 10.0. The van der Waals surface area contributed by atoms with Gasteiger partial charge in [-0.1, -0.05) is 6.92 Å². The van der Waals surface area contributed by atoms with E-state index in [1.165, 1.54) is 0 Å². The van der Waals surface area contributed by atoms with E-state index in [1.54, 1.807) is 0 Å². The van der Waals surface area contributed by atoms with Crippen LogP contribution in [0.2, 0.25) is 0 Å². The number of sulfone groups is 1. The van der Waals surface area contributed by atoms with Gasteiger partial charge in [0, 0.05) is 18.7 Å². The second kappa shape index (κ2) is 4.59. The Labute approximate surface area is 85.6 Å². The molecule has 2 N–H and O–H groups in total. The van der Waals surface area contributed by atoms with Crippen molar-refractivity contribution in [2.45, 2.75) is 32.4 Å². The molecule has 1 saturated heterocycles. The first-order valence-electron chi connectivity index (χ1n) is 5.02. The molecule has 0 amide bonds. The quantitative estimate of drug-likeness (QED) is 0.689. The summed E-state index contributed by atoms with van der Waals surface area (Å²) in [5.41, 5.74) is 0. The fourth-order valence-electron chi connectivity index (χ4n) is 1.62. The van der Waals surface area contributed by atoms with Gasteiger partial charge >= 0.3 is 0 Å². The van der Waals surface area contributed by atoms with E-state index in [4.69, 9.17) is 5.11 Å². The van der Waals surface area contributed by atoms with Crippen LogP contribution in [0, 0.1) is 5.92 Å². The van der Waals surface area contributed by atoms with Crippen LogP contribution in [0.5, 0.6) is 0 Å². The third-order valence-electron chi connectivity index (χ3n) is 2.87. The Hall–Kier alpha value is -0.130. The Bertz CT molecular complexity index is 276. The number of hydrogen-bond acceptors (Lipinski definition) is 4. The minimum atomic E-state index is -2.80. The van der Waals surface area contributed by atoms with Crippen LogP contribution in [0.15, 0.2) is 0 Å². The molecule has 0 aromatic rings. The third kappa shape index (κ3) is 3.22. The lowest BCUT2D eigenvalue weighted by Gasteiger charge is -2.22. The molecule has 1 rings (SSSR count). The maximum absolute atomic E-state index is 11.2. The van der Waals surface area contributed by atoms with E-state index in [9.17, 15) is 8.42 Å². The smallest absolute Gasteiger partial charge is 0.151 e. The topological polar surface area (TPSA) is 66.4 Å². The van der Waals surface area contributed by atoms with E-state index in [-0.39, 0.29) is 30.4 Å². The molecular weight excluding hydrogens is 202 g/mol. The standard InChI is InChI=1S/C9H19NO3S/c1-7(5-11)8(2)10-9-3-4-14(12,13)6-9/h7-11H,3-6H2,1-2H3. The lowest BCUT2D eigenvalue weighted by Crippen LogP contribution is -2.41. The molecular formula is C9H19NO3S. The van der Waals surface area contributed by atoms with Gasteiger partial charge in [0.25, 0.3) is 0 Å². The van der Waals surface area contributed by atoms with Crippen molar-refractivity contribution in [3.05, 3.63) is 0 Å². The van der Waals surface area contributed by atoms with Crippen molar-refractivity contribution in [3.63, 3.8) is 0 Å². The van der Waals surface area contributed by atoms with Crippen LogP contribution >= 0.6 is 0 Å². The normalized spacial score (nSPS) is 30.1. The fraction of sp³-hybridized carbons (Fsp3) is 1.00. The van der Waals surface area contributed by atoms with Crippen LogP contribution in [-0.4, -0.2) is 43.7 Å². The molecule has 1 aliphatic rings. The SMILES string of the molecule is CC(CO)C(C)NC1CCS(=O)(=O)C1. The first kappa shape index (κ1) is 11.9. The van der Waals surface area contributed by atoms with Crippen LogP contribution in [0.3, 0.4) is 0 Å². The van der Waals surface area contributed by atoms with Gasteiger partial charge in [0.1, 0.15) is 0 Å². The van der Waals surface area contributed by atoms with Gasteiger partial charge in [-0.25, -0.2) is 8.42 Å². The summed E-state index contributed by atoms with van der Waals surface area (Å²) in [5, 5.41) is 12.2. The Balaban J connectivity index is 2.39. The number of nitrogens with one attached hydrogen (secondary N) is 1. The maximum atomic E-state index is 11.2. The fourth-order valence-corrected chi connectivity index (χ4v) is 3.31. The summed E-state index contributed by atoms with van der Waals surface area (Å²) in [5.74, 6) is 0.707. The van der Waals surface area contributed by atoms with E-state index in [0.29, 0.717) is 12.2 Å². The van der Waals surface area contributed by atoms with Gasteiger partial charge in [0.2, 0.25) is 0 Å². The predicted molar refractivity (Wildman–Crippen MR) is 55.9 cm³/mol. The highest BCUT2D eigenvalue weighted by Crippen LogP contribution is 2.13. The van der Waals surface area contributed by atoms with Crippen LogP contribution < -0.4 is 5.32 Å². The molecule has 0 aliphatic carbocycles. The predicted octanol–water partition coefficient (Wildman–Crippen LogP) is -0.220. The summed E-state index contributed by atoms with van der Waals surface area (Å²) in [4.78, 5) is 0. The van der Waals surface area contributed by atoms with Gasteiger partial charge in [-0.05, 0) is 19.3 Å². The highest BCUT2D eigenvalue weighted by molar-refractivity contribution is 7.91. The molecule has 0 aromatic carbocycles. The highest BCUT2D eigenvalue weighted by Gasteiger charge is 2.29. The second-order valence-electron chi connectivity index (χ2n) is 4.22. The number of rotatable bonds is 4. The van der Waals surface area contributed by atoms with Crippen LogP contribution in [-0.2, 0) is 9.84 Å². The molecule has 14 heavy (non-hydrogen) atoms.